The van der Waals surface area contributed by atoms with Crippen molar-refractivity contribution in [3.8, 4) is 6.01 Å². The number of aromatic nitrogens is 2. The quantitative estimate of drug-likeness (QED) is 0.437. The fourth-order valence-electron chi connectivity index (χ4n) is 3.49. The number of likely N-dealkylation sites (tertiary alicyclic amines) is 1. The number of H-pyrrole nitrogens is 1. The highest BCUT2D eigenvalue weighted by atomic mass is 16.6. The Bertz CT molecular complexity index is 873. The van der Waals surface area contributed by atoms with Gasteiger partial charge in [-0.1, -0.05) is 0 Å². The van der Waals surface area contributed by atoms with Crippen molar-refractivity contribution in [3.05, 3.63) is 28.3 Å². The summed E-state index contributed by atoms with van der Waals surface area (Å²) in [6.45, 7) is 7.57. The molecule has 1 amide bonds. The molecule has 1 aliphatic heterocycles. The van der Waals surface area contributed by atoms with Gasteiger partial charge in [0.25, 0.3) is 11.7 Å². The van der Waals surface area contributed by atoms with Crippen molar-refractivity contribution in [2.24, 2.45) is 5.92 Å². The summed E-state index contributed by atoms with van der Waals surface area (Å²) in [4.78, 5) is 31.7. The summed E-state index contributed by atoms with van der Waals surface area (Å²) in [5.41, 5.74) is 0.741. The zero-order chi connectivity index (χ0) is 21.0. The van der Waals surface area contributed by atoms with Gasteiger partial charge in [-0.3, -0.25) is 10.1 Å². The number of amides is 1. The third-order valence-corrected chi connectivity index (χ3v) is 4.82. The maximum Gasteiger partial charge on any atom is 0.410 e. The molecule has 2 aromatic rings. The highest BCUT2D eigenvalue weighted by Gasteiger charge is 2.27. The molecular weight excluding hydrogens is 376 g/mol. The van der Waals surface area contributed by atoms with Crippen LogP contribution in [-0.2, 0) is 4.74 Å². The standard InChI is InChI=1S/C20H28N4O5/c1-20(2,3)29-19(25)23-10-4-6-14(13-23)7-5-11-28-18-21-16-9-8-15(24(26)27)12-17(16)22-18/h8-9,12,14H,4-7,10-11,13H2,1-3H3,(H,21,22). The molecule has 1 N–H and O–H groups in total. The smallest absolute Gasteiger partial charge is 0.410 e. The number of hydrogen-bond donors (Lipinski definition) is 1. The molecule has 1 aromatic carbocycles. The molecular formula is C20H28N4O5. The van der Waals surface area contributed by atoms with E-state index in [0.717, 1.165) is 32.2 Å². The Morgan fingerprint density at radius 2 is 2.21 bits per heavy atom. The number of piperidine rings is 1. The highest BCUT2D eigenvalue weighted by Crippen LogP contribution is 2.24. The second-order valence-corrected chi connectivity index (χ2v) is 8.43. The number of non-ortho nitro benzene ring substituents is 1. The van der Waals surface area contributed by atoms with Crippen LogP contribution in [0.5, 0.6) is 6.01 Å². The summed E-state index contributed by atoms with van der Waals surface area (Å²) in [6, 6.07) is 4.83. The van der Waals surface area contributed by atoms with Crippen molar-refractivity contribution >= 4 is 22.8 Å². The van der Waals surface area contributed by atoms with Crippen LogP contribution >= 0.6 is 0 Å². The summed E-state index contributed by atoms with van der Waals surface area (Å²) in [6.07, 6.45) is 3.62. The third-order valence-electron chi connectivity index (χ3n) is 4.82. The summed E-state index contributed by atoms with van der Waals surface area (Å²) in [7, 11) is 0. The molecule has 1 atom stereocenters. The van der Waals surface area contributed by atoms with Crippen LogP contribution in [-0.4, -0.2) is 51.2 Å². The topological polar surface area (TPSA) is 111 Å². The van der Waals surface area contributed by atoms with Crippen LogP contribution in [0.4, 0.5) is 10.5 Å². The maximum absolute atomic E-state index is 12.3. The van der Waals surface area contributed by atoms with E-state index in [0.29, 0.717) is 36.1 Å². The number of ether oxygens (including phenoxy) is 2. The van der Waals surface area contributed by atoms with E-state index in [4.69, 9.17) is 9.47 Å². The van der Waals surface area contributed by atoms with E-state index in [1.807, 2.05) is 20.8 Å². The lowest BCUT2D eigenvalue weighted by Crippen LogP contribution is -2.42. The Morgan fingerprint density at radius 3 is 2.93 bits per heavy atom. The van der Waals surface area contributed by atoms with Crippen molar-refractivity contribution in [3.63, 3.8) is 0 Å². The van der Waals surface area contributed by atoms with Crippen LogP contribution in [0.3, 0.4) is 0 Å². The first kappa shape index (κ1) is 20.9. The predicted octanol–water partition coefficient (Wildman–Crippen LogP) is 4.28. The summed E-state index contributed by atoms with van der Waals surface area (Å²) < 4.78 is 11.1. The largest absolute Gasteiger partial charge is 0.465 e. The van der Waals surface area contributed by atoms with Gasteiger partial charge in [0.1, 0.15) is 5.60 Å². The monoisotopic (exact) mass is 404 g/mol. The van der Waals surface area contributed by atoms with Crippen LogP contribution in [0.25, 0.3) is 11.0 Å². The predicted molar refractivity (Wildman–Crippen MR) is 108 cm³/mol. The number of nitro benzene ring substituents is 1. The maximum atomic E-state index is 12.3. The van der Waals surface area contributed by atoms with E-state index in [1.165, 1.54) is 12.1 Å². The first-order valence-electron chi connectivity index (χ1n) is 9.96. The molecule has 9 heteroatoms. The summed E-state index contributed by atoms with van der Waals surface area (Å²) in [5.74, 6) is 0.429. The molecule has 0 saturated carbocycles. The van der Waals surface area contributed by atoms with Crippen molar-refractivity contribution < 1.29 is 19.2 Å². The Kier molecular flexibility index (Phi) is 6.24. The number of hydrogen-bond acceptors (Lipinski definition) is 6. The second kappa shape index (κ2) is 8.67. The first-order chi connectivity index (χ1) is 13.7. The number of carbonyl (C=O) groups is 1. The fraction of sp³-hybridized carbons (Fsp3) is 0.600. The minimum atomic E-state index is -0.481. The van der Waals surface area contributed by atoms with Crippen LogP contribution in [0.2, 0.25) is 0 Å². The van der Waals surface area contributed by atoms with Crippen LogP contribution in [0.1, 0.15) is 46.5 Å². The molecule has 1 fully saturated rings. The van der Waals surface area contributed by atoms with Gasteiger partial charge < -0.3 is 19.4 Å². The SMILES string of the molecule is CC(C)(C)OC(=O)N1CCCC(CCCOc2nc3ccc([N+](=O)[O-])cc3[nH]2)C1. The third kappa shape index (κ3) is 5.82. The van der Waals surface area contributed by atoms with Gasteiger partial charge in [0.2, 0.25) is 0 Å². The molecule has 0 spiro atoms. The van der Waals surface area contributed by atoms with Gasteiger partial charge in [0.05, 0.1) is 22.6 Å². The normalized spacial score (nSPS) is 17.3. The lowest BCUT2D eigenvalue weighted by molar-refractivity contribution is -0.384. The second-order valence-electron chi connectivity index (χ2n) is 8.43. The number of nitro groups is 1. The van der Waals surface area contributed by atoms with E-state index < -0.39 is 10.5 Å². The first-order valence-corrected chi connectivity index (χ1v) is 9.96. The van der Waals surface area contributed by atoms with Gasteiger partial charge >= 0.3 is 6.09 Å². The zero-order valence-electron chi connectivity index (χ0n) is 17.1. The average Bonchev–Trinajstić information content (AvgIpc) is 3.06. The molecule has 0 radical (unpaired) electrons. The van der Waals surface area contributed by atoms with E-state index in [1.54, 1.807) is 11.0 Å². The van der Waals surface area contributed by atoms with Gasteiger partial charge in [0, 0.05) is 25.2 Å². The lowest BCUT2D eigenvalue weighted by atomic mass is 9.94. The average molecular weight is 404 g/mol. The molecule has 3 rings (SSSR count). The van der Waals surface area contributed by atoms with Crippen LogP contribution in [0.15, 0.2) is 18.2 Å². The van der Waals surface area contributed by atoms with Gasteiger partial charge in [-0.05, 0) is 58.4 Å². The van der Waals surface area contributed by atoms with E-state index in [-0.39, 0.29) is 11.8 Å². The minimum Gasteiger partial charge on any atom is -0.465 e. The molecule has 29 heavy (non-hydrogen) atoms. The van der Waals surface area contributed by atoms with Crippen LogP contribution < -0.4 is 4.74 Å². The number of nitrogens with zero attached hydrogens (tertiary/aromatic N) is 3. The van der Waals surface area contributed by atoms with Crippen LogP contribution in [0, 0.1) is 16.0 Å². The lowest BCUT2D eigenvalue weighted by Gasteiger charge is -2.34. The molecule has 1 aromatic heterocycles. The minimum absolute atomic E-state index is 0.0135. The summed E-state index contributed by atoms with van der Waals surface area (Å²) >= 11 is 0. The van der Waals surface area contributed by atoms with Crippen molar-refractivity contribution in [2.75, 3.05) is 19.7 Å². The van der Waals surface area contributed by atoms with Gasteiger partial charge in [-0.25, -0.2) is 4.79 Å². The van der Waals surface area contributed by atoms with Crippen molar-refractivity contribution in [2.45, 2.75) is 52.1 Å². The molecule has 1 saturated heterocycles. The Balaban J connectivity index is 1.45. The number of benzene rings is 1. The van der Waals surface area contributed by atoms with Gasteiger partial charge in [-0.2, -0.15) is 4.98 Å². The molecule has 0 bridgehead atoms. The molecule has 1 unspecified atom stereocenters. The number of rotatable bonds is 6. The zero-order valence-corrected chi connectivity index (χ0v) is 17.1. The van der Waals surface area contributed by atoms with E-state index >= 15 is 0 Å². The van der Waals surface area contributed by atoms with Gasteiger partial charge in [0.15, 0.2) is 0 Å². The summed E-state index contributed by atoms with van der Waals surface area (Å²) in [5, 5.41) is 10.9. The highest BCUT2D eigenvalue weighted by molar-refractivity contribution is 5.78. The van der Waals surface area contributed by atoms with E-state index in [2.05, 4.69) is 9.97 Å². The molecule has 2 heterocycles. The molecule has 1 aliphatic rings. The Morgan fingerprint density at radius 1 is 1.41 bits per heavy atom. The number of carbonyl (C=O) groups excluding carboxylic acids is 1. The number of imidazole rings is 1. The van der Waals surface area contributed by atoms with Gasteiger partial charge in [-0.15, -0.1) is 0 Å². The molecule has 9 nitrogen and oxygen atoms in total. The number of fused-ring (bicyclic) bond motifs is 1. The molecule has 158 valence electrons. The van der Waals surface area contributed by atoms with E-state index in [9.17, 15) is 14.9 Å². The Hall–Kier alpha value is -2.84. The Labute approximate surface area is 169 Å². The number of aromatic amines is 1. The van der Waals surface area contributed by atoms with Crippen molar-refractivity contribution in [1.82, 2.24) is 14.9 Å². The molecule has 0 aliphatic carbocycles. The number of nitrogens with one attached hydrogen (secondary N) is 1. The van der Waals surface area contributed by atoms with Crippen molar-refractivity contribution in [1.29, 1.82) is 0 Å². The fourth-order valence-corrected chi connectivity index (χ4v) is 3.49.